The average Bonchev–Trinajstić information content (AvgIpc) is 3.54. The van der Waals surface area contributed by atoms with Gasteiger partial charge in [0.05, 0.1) is 11.3 Å². The number of nitrogens with zero attached hydrogens (tertiary/aromatic N) is 4. The Morgan fingerprint density at radius 2 is 1.71 bits per heavy atom. The summed E-state index contributed by atoms with van der Waals surface area (Å²) in [5, 5.41) is 16.9. The summed E-state index contributed by atoms with van der Waals surface area (Å²) in [5.74, 6) is 0.939. The fourth-order valence-corrected chi connectivity index (χ4v) is 3.88. The minimum atomic E-state index is -0.331. The van der Waals surface area contributed by atoms with E-state index in [9.17, 15) is 4.79 Å². The molecule has 3 heterocycles. The second-order valence-corrected chi connectivity index (χ2v) is 7.79. The molecule has 0 bridgehead atoms. The molecular weight excluding hydrogens is 410 g/mol. The smallest absolute Gasteiger partial charge is 0.261 e. The number of rotatable bonds is 5. The molecule has 0 atom stereocenters. The lowest BCUT2D eigenvalue weighted by Gasteiger charge is -2.00. The molecule has 8 heteroatoms. The molecule has 0 aliphatic carbocycles. The van der Waals surface area contributed by atoms with E-state index in [-0.39, 0.29) is 5.91 Å². The first-order chi connectivity index (χ1) is 15.2. The van der Waals surface area contributed by atoms with E-state index in [0.29, 0.717) is 22.1 Å². The molecule has 2 aromatic carbocycles. The van der Waals surface area contributed by atoms with Gasteiger partial charge < -0.3 is 4.42 Å². The Morgan fingerprint density at radius 1 is 0.968 bits per heavy atom. The monoisotopic (exact) mass is 427 g/mol. The van der Waals surface area contributed by atoms with Crippen molar-refractivity contribution < 1.29 is 9.21 Å². The lowest BCUT2D eigenvalue weighted by molar-refractivity contribution is 0.102. The van der Waals surface area contributed by atoms with Gasteiger partial charge in [0.2, 0.25) is 5.13 Å². The molecule has 0 radical (unpaired) electrons. The third kappa shape index (κ3) is 3.88. The fraction of sp³-hybridized carbons (Fsp3) is 0.0435. The summed E-state index contributed by atoms with van der Waals surface area (Å²) in [6.45, 7) is 1.85. The van der Waals surface area contributed by atoms with E-state index in [1.807, 2.05) is 79.7 Å². The summed E-state index contributed by atoms with van der Waals surface area (Å²) in [7, 11) is 0. The van der Waals surface area contributed by atoms with E-state index in [4.69, 9.17) is 4.42 Å². The Bertz CT molecular complexity index is 1340. The average molecular weight is 427 g/mol. The quantitative estimate of drug-likeness (QED) is 0.416. The van der Waals surface area contributed by atoms with Crippen molar-refractivity contribution >= 4 is 22.4 Å². The van der Waals surface area contributed by atoms with Crippen LogP contribution in [0.3, 0.4) is 0 Å². The summed E-state index contributed by atoms with van der Waals surface area (Å²) in [6, 6.07) is 23.0. The number of carbonyl (C=O) groups is 1. The van der Waals surface area contributed by atoms with Crippen LogP contribution < -0.4 is 5.32 Å². The van der Waals surface area contributed by atoms with Crippen LogP contribution in [0.5, 0.6) is 0 Å². The van der Waals surface area contributed by atoms with Crippen LogP contribution in [0.2, 0.25) is 0 Å². The molecule has 1 amide bonds. The Balaban J connectivity index is 1.48. The molecule has 7 nitrogen and oxygen atoms in total. The normalized spacial score (nSPS) is 10.9. The zero-order chi connectivity index (χ0) is 21.2. The van der Waals surface area contributed by atoms with Crippen LogP contribution in [0.1, 0.15) is 16.1 Å². The van der Waals surface area contributed by atoms with E-state index in [1.54, 1.807) is 10.9 Å². The van der Waals surface area contributed by atoms with Gasteiger partial charge in [-0.05, 0) is 31.2 Å². The minimum absolute atomic E-state index is 0.331. The van der Waals surface area contributed by atoms with Gasteiger partial charge in [-0.2, -0.15) is 5.10 Å². The predicted molar refractivity (Wildman–Crippen MR) is 119 cm³/mol. The highest BCUT2D eigenvalue weighted by atomic mass is 32.1. The van der Waals surface area contributed by atoms with Crippen molar-refractivity contribution in [3.8, 4) is 27.7 Å². The molecule has 5 rings (SSSR count). The lowest BCUT2D eigenvalue weighted by Crippen LogP contribution is -2.12. The number of aryl methyl sites for hydroxylation is 1. The lowest BCUT2D eigenvalue weighted by atomic mass is 10.2. The van der Waals surface area contributed by atoms with Crippen molar-refractivity contribution in [2.24, 2.45) is 0 Å². The maximum Gasteiger partial charge on any atom is 0.261 e. The largest absolute Gasteiger partial charge is 0.460 e. The second kappa shape index (κ2) is 8.00. The third-order valence-electron chi connectivity index (χ3n) is 4.62. The number of carbonyl (C=O) groups excluding carboxylic acids is 1. The van der Waals surface area contributed by atoms with Crippen LogP contribution in [-0.2, 0) is 0 Å². The maximum atomic E-state index is 13.1. The van der Waals surface area contributed by atoms with Crippen LogP contribution in [-0.4, -0.2) is 25.9 Å². The fourth-order valence-electron chi connectivity index (χ4n) is 3.13. The molecule has 1 N–H and O–H groups in total. The van der Waals surface area contributed by atoms with Gasteiger partial charge in [-0.1, -0.05) is 59.9 Å². The van der Waals surface area contributed by atoms with Gasteiger partial charge >= 0.3 is 0 Å². The van der Waals surface area contributed by atoms with E-state index >= 15 is 0 Å². The number of aromatic nitrogens is 4. The predicted octanol–water partition coefficient (Wildman–Crippen LogP) is 5.21. The number of amides is 1. The van der Waals surface area contributed by atoms with Crippen LogP contribution in [0, 0.1) is 6.92 Å². The number of benzene rings is 2. The number of hydrogen-bond donors (Lipinski definition) is 1. The molecular formula is C23H17N5O2S. The van der Waals surface area contributed by atoms with Crippen molar-refractivity contribution in [2.45, 2.75) is 6.92 Å². The van der Waals surface area contributed by atoms with Crippen LogP contribution in [0.4, 0.5) is 5.13 Å². The number of anilines is 1. The van der Waals surface area contributed by atoms with Gasteiger partial charge in [0.15, 0.2) is 5.76 Å². The van der Waals surface area contributed by atoms with Crippen molar-refractivity contribution in [2.75, 3.05) is 5.32 Å². The standard InChI is InChI=1S/C23H17N5O2S/c1-15-12-13-19(30-15)20-18(14-28(27-20)17-10-6-3-7-11-17)21(29)24-23-26-25-22(31-23)16-8-4-2-5-9-16/h2-14H,1H3,(H,24,26,29). The Morgan fingerprint density at radius 3 is 2.42 bits per heavy atom. The van der Waals surface area contributed by atoms with Crippen molar-refractivity contribution in [1.82, 2.24) is 20.0 Å². The molecule has 0 saturated carbocycles. The zero-order valence-electron chi connectivity index (χ0n) is 16.5. The second-order valence-electron chi connectivity index (χ2n) is 6.81. The number of hydrogen-bond acceptors (Lipinski definition) is 6. The molecule has 3 aromatic heterocycles. The van der Waals surface area contributed by atoms with Crippen LogP contribution in [0.25, 0.3) is 27.7 Å². The highest BCUT2D eigenvalue weighted by Gasteiger charge is 2.22. The first-order valence-corrected chi connectivity index (χ1v) is 10.4. The molecule has 5 aromatic rings. The molecule has 0 aliphatic rings. The zero-order valence-corrected chi connectivity index (χ0v) is 17.3. The number of furan rings is 1. The first kappa shape index (κ1) is 19.0. The summed E-state index contributed by atoms with van der Waals surface area (Å²) >= 11 is 1.31. The third-order valence-corrected chi connectivity index (χ3v) is 5.51. The molecule has 0 fully saturated rings. The Kier molecular flexibility index (Phi) is 4.89. The van der Waals surface area contributed by atoms with E-state index < -0.39 is 0 Å². The SMILES string of the molecule is Cc1ccc(-c2nn(-c3ccccc3)cc2C(=O)Nc2nnc(-c3ccccc3)s2)o1. The van der Waals surface area contributed by atoms with E-state index in [1.165, 1.54) is 11.3 Å². The van der Waals surface area contributed by atoms with Gasteiger partial charge in [0, 0.05) is 11.8 Å². The van der Waals surface area contributed by atoms with Crippen molar-refractivity contribution in [3.63, 3.8) is 0 Å². The molecule has 0 saturated heterocycles. The first-order valence-electron chi connectivity index (χ1n) is 9.59. The molecule has 0 spiro atoms. The number of nitrogens with one attached hydrogen (secondary N) is 1. The number of para-hydroxylation sites is 1. The highest BCUT2D eigenvalue weighted by molar-refractivity contribution is 7.18. The van der Waals surface area contributed by atoms with Crippen LogP contribution >= 0.6 is 11.3 Å². The van der Waals surface area contributed by atoms with Gasteiger partial charge in [-0.3, -0.25) is 10.1 Å². The van der Waals surface area contributed by atoms with Crippen molar-refractivity contribution in [3.05, 3.63) is 90.3 Å². The van der Waals surface area contributed by atoms with Gasteiger partial charge in [0.25, 0.3) is 5.91 Å². The van der Waals surface area contributed by atoms with E-state index in [2.05, 4.69) is 20.6 Å². The molecule has 31 heavy (non-hydrogen) atoms. The summed E-state index contributed by atoms with van der Waals surface area (Å²) in [5.41, 5.74) is 2.63. The van der Waals surface area contributed by atoms with Gasteiger partial charge in [-0.15, -0.1) is 10.2 Å². The molecule has 0 aliphatic heterocycles. The van der Waals surface area contributed by atoms with E-state index in [0.717, 1.165) is 22.0 Å². The van der Waals surface area contributed by atoms with Gasteiger partial charge in [0.1, 0.15) is 16.5 Å². The maximum absolute atomic E-state index is 13.1. The summed E-state index contributed by atoms with van der Waals surface area (Å²) < 4.78 is 7.40. The summed E-state index contributed by atoms with van der Waals surface area (Å²) in [6.07, 6.45) is 1.69. The highest BCUT2D eigenvalue weighted by Crippen LogP contribution is 2.29. The Labute approximate surface area is 182 Å². The topological polar surface area (TPSA) is 85.8 Å². The van der Waals surface area contributed by atoms with Gasteiger partial charge in [-0.25, -0.2) is 4.68 Å². The van der Waals surface area contributed by atoms with Crippen LogP contribution in [0.15, 0.2) is 83.4 Å². The summed E-state index contributed by atoms with van der Waals surface area (Å²) in [4.78, 5) is 13.1. The van der Waals surface area contributed by atoms with Crippen molar-refractivity contribution in [1.29, 1.82) is 0 Å². The minimum Gasteiger partial charge on any atom is -0.460 e. The Hall–Kier alpha value is -4.04. The molecule has 152 valence electrons. The molecule has 0 unspecified atom stereocenters.